The molecule has 0 spiro atoms. The van der Waals surface area contributed by atoms with E-state index in [1.54, 1.807) is 3.58 Å². The molecule has 1 saturated carbocycles. The van der Waals surface area contributed by atoms with Crippen molar-refractivity contribution in [3.8, 4) is 0 Å². The zero-order valence-electron chi connectivity index (χ0n) is 9.55. The molecule has 2 aliphatic rings. The minimum atomic E-state index is 0.568. The summed E-state index contributed by atoms with van der Waals surface area (Å²) in [5, 5.41) is 0. The summed E-state index contributed by atoms with van der Waals surface area (Å²) in [5.41, 5.74) is 0. The highest BCUT2D eigenvalue weighted by Gasteiger charge is 2.24. The molecular weight excluding hydrogens is 299 g/mol. The van der Waals surface area contributed by atoms with Gasteiger partial charge >= 0.3 is 0 Å². The minimum Gasteiger partial charge on any atom is -0.378 e. The van der Waals surface area contributed by atoms with Gasteiger partial charge < -0.3 is 4.74 Å². The molecular formula is C13H21IO. The van der Waals surface area contributed by atoms with Crippen LogP contribution in [0.5, 0.6) is 0 Å². The molecule has 0 saturated heterocycles. The molecule has 0 heterocycles. The molecule has 2 aliphatic carbocycles. The first kappa shape index (κ1) is 11.9. The predicted octanol–water partition coefficient (Wildman–Crippen LogP) is 4.31. The molecule has 0 amide bonds. The second-order valence-corrected chi connectivity index (χ2v) is 6.45. The Morgan fingerprint density at radius 2 is 2.33 bits per heavy atom. The minimum absolute atomic E-state index is 0.568. The van der Waals surface area contributed by atoms with Crippen molar-refractivity contribution in [1.29, 1.82) is 0 Å². The highest BCUT2D eigenvalue weighted by Crippen LogP contribution is 2.32. The lowest BCUT2D eigenvalue weighted by Crippen LogP contribution is -2.17. The largest absolute Gasteiger partial charge is 0.378 e. The van der Waals surface area contributed by atoms with E-state index in [1.165, 1.54) is 38.5 Å². The van der Waals surface area contributed by atoms with Gasteiger partial charge in [-0.3, -0.25) is 0 Å². The van der Waals surface area contributed by atoms with Crippen molar-refractivity contribution >= 4 is 22.6 Å². The van der Waals surface area contributed by atoms with E-state index in [-0.39, 0.29) is 0 Å². The average Bonchev–Trinajstić information content (AvgIpc) is 2.77. The summed E-state index contributed by atoms with van der Waals surface area (Å²) in [5.74, 6) is 1.67. The molecule has 0 N–H and O–H groups in total. The molecule has 86 valence electrons. The van der Waals surface area contributed by atoms with Crippen molar-refractivity contribution in [2.75, 3.05) is 6.61 Å². The zero-order valence-corrected chi connectivity index (χ0v) is 11.7. The van der Waals surface area contributed by atoms with Crippen molar-refractivity contribution in [3.63, 3.8) is 0 Å². The van der Waals surface area contributed by atoms with Crippen LogP contribution in [0.15, 0.2) is 9.66 Å². The Morgan fingerprint density at radius 3 is 2.93 bits per heavy atom. The average molecular weight is 320 g/mol. The summed E-state index contributed by atoms with van der Waals surface area (Å²) in [7, 11) is 0. The van der Waals surface area contributed by atoms with Gasteiger partial charge in [0.05, 0.1) is 6.10 Å². The molecule has 0 unspecified atom stereocenters. The Kier molecular flexibility index (Phi) is 4.50. The maximum Gasteiger partial charge on any atom is 0.0600 e. The first-order valence-electron chi connectivity index (χ1n) is 6.22. The van der Waals surface area contributed by atoms with E-state index in [0.29, 0.717) is 6.10 Å². The molecule has 2 heteroatoms. The van der Waals surface area contributed by atoms with Gasteiger partial charge in [0, 0.05) is 6.61 Å². The van der Waals surface area contributed by atoms with Crippen molar-refractivity contribution in [3.05, 3.63) is 9.66 Å². The van der Waals surface area contributed by atoms with Gasteiger partial charge in [-0.25, -0.2) is 0 Å². The Morgan fingerprint density at radius 1 is 1.47 bits per heavy atom. The lowest BCUT2D eigenvalue weighted by atomic mass is 10.0. The molecule has 0 aliphatic heterocycles. The van der Waals surface area contributed by atoms with Gasteiger partial charge in [0.15, 0.2) is 0 Å². The van der Waals surface area contributed by atoms with E-state index in [9.17, 15) is 0 Å². The van der Waals surface area contributed by atoms with Crippen LogP contribution in [-0.2, 0) is 4.74 Å². The van der Waals surface area contributed by atoms with E-state index in [0.717, 1.165) is 18.4 Å². The lowest BCUT2D eigenvalue weighted by Gasteiger charge is -2.17. The van der Waals surface area contributed by atoms with Gasteiger partial charge in [0.1, 0.15) is 0 Å². The fourth-order valence-corrected chi connectivity index (χ4v) is 3.58. The SMILES string of the molecule is C[C@@H]1CCC[C@H]1OCC[C@H]1CC=C(I)C1. The number of hydrogen-bond acceptors (Lipinski definition) is 1. The number of rotatable bonds is 4. The second kappa shape index (κ2) is 5.67. The van der Waals surface area contributed by atoms with Crippen LogP contribution in [0, 0.1) is 11.8 Å². The van der Waals surface area contributed by atoms with Crippen LogP contribution >= 0.6 is 22.6 Å². The first-order valence-corrected chi connectivity index (χ1v) is 7.29. The maximum atomic E-state index is 5.99. The van der Waals surface area contributed by atoms with Crippen molar-refractivity contribution in [2.45, 2.75) is 51.6 Å². The van der Waals surface area contributed by atoms with E-state index in [4.69, 9.17) is 4.74 Å². The molecule has 0 aromatic heterocycles. The molecule has 1 fully saturated rings. The number of ether oxygens (including phenoxy) is 1. The zero-order chi connectivity index (χ0) is 10.7. The topological polar surface area (TPSA) is 9.23 Å². The van der Waals surface area contributed by atoms with Crippen molar-refractivity contribution in [2.24, 2.45) is 11.8 Å². The molecule has 1 nitrogen and oxygen atoms in total. The molecule has 0 aromatic rings. The summed E-state index contributed by atoms with van der Waals surface area (Å²) >= 11 is 2.46. The smallest absolute Gasteiger partial charge is 0.0600 e. The summed E-state index contributed by atoms with van der Waals surface area (Å²) < 4.78 is 7.53. The normalized spacial score (nSPS) is 35.9. The van der Waals surface area contributed by atoms with E-state index in [2.05, 4.69) is 35.6 Å². The third-order valence-electron chi connectivity index (χ3n) is 3.80. The Hall–Kier alpha value is 0.430. The maximum absolute atomic E-state index is 5.99. The molecule has 15 heavy (non-hydrogen) atoms. The van der Waals surface area contributed by atoms with E-state index in [1.807, 2.05) is 0 Å². The highest BCUT2D eigenvalue weighted by molar-refractivity contribution is 14.1. The quantitative estimate of drug-likeness (QED) is 0.701. The fraction of sp³-hybridized carbons (Fsp3) is 0.846. The molecule has 0 aromatic carbocycles. The third kappa shape index (κ3) is 3.45. The van der Waals surface area contributed by atoms with Gasteiger partial charge in [0.2, 0.25) is 0 Å². The Labute approximate surface area is 107 Å². The van der Waals surface area contributed by atoms with Crippen molar-refractivity contribution < 1.29 is 4.74 Å². The fourth-order valence-electron chi connectivity index (χ4n) is 2.70. The molecule has 3 atom stereocenters. The molecule has 0 bridgehead atoms. The van der Waals surface area contributed by atoms with Gasteiger partial charge in [0.25, 0.3) is 0 Å². The van der Waals surface area contributed by atoms with Crippen molar-refractivity contribution in [1.82, 2.24) is 0 Å². The third-order valence-corrected chi connectivity index (χ3v) is 4.68. The van der Waals surface area contributed by atoms with Gasteiger partial charge in [-0.05, 0) is 70.1 Å². The van der Waals surface area contributed by atoms with E-state index >= 15 is 0 Å². The second-order valence-electron chi connectivity index (χ2n) is 5.06. The van der Waals surface area contributed by atoms with Crippen LogP contribution < -0.4 is 0 Å². The van der Waals surface area contributed by atoms with Crippen LogP contribution in [-0.4, -0.2) is 12.7 Å². The number of halogens is 1. The monoisotopic (exact) mass is 320 g/mol. The summed E-state index contributed by atoms with van der Waals surface area (Å²) in [6, 6.07) is 0. The first-order chi connectivity index (χ1) is 7.25. The Bertz CT molecular complexity index is 237. The predicted molar refractivity (Wildman–Crippen MR) is 72.2 cm³/mol. The molecule has 2 rings (SSSR count). The lowest BCUT2D eigenvalue weighted by molar-refractivity contribution is 0.0257. The van der Waals surface area contributed by atoms with Crippen LogP contribution in [0.4, 0.5) is 0 Å². The molecule has 0 radical (unpaired) electrons. The van der Waals surface area contributed by atoms with Crippen LogP contribution in [0.1, 0.15) is 45.4 Å². The standard InChI is InChI=1S/C13H21IO/c1-10-3-2-4-13(10)15-8-7-11-5-6-12(14)9-11/h6,10-11,13H,2-5,7-9H2,1H3/t10-,11-,13-/m1/s1. The summed E-state index contributed by atoms with van der Waals surface area (Å²) in [6.07, 6.45) is 10.8. The van der Waals surface area contributed by atoms with Gasteiger partial charge in [-0.15, -0.1) is 0 Å². The summed E-state index contributed by atoms with van der Waals surface area (Å²) in [6.45, 7) is 3.31. The number of allylic oxidation sites excluding steroid dienone is 2. The highest BCUT2D eigenvalue weighted by atomic mass is 127. The Balaban J connectivity index is 1.59. The summed E-state index contributed by atoms with van der Waals surface area (Å²) in [4.78, 5) is 0. The van der Waals surface area contributed by atoms with E-state index < -0.39 is 0 Å². The van der Waals surface area contributed by atoms with Gasteiger partial charge in [-0.2, -0.15) is 0 Å². The van der Waals surface area contributed by atoms with Crippen LogP contribution in [0.2, 0.25) is 0 Å². The van der Waals surface area contributed by atoms with Gasteiger partial charge in [-0.1, -0.05) is 19.4 Å². The van der Waals surface area contributed by atoms with Crippen LogP contribution in [0.25, 0.3) is 0 Å². The number of hydrogen-bond donors (Lipinski definition) is 0. The van der Waals surface area contributed by atoms with Crippen LogP contribution in [0.3, 0.4) is 0 Å².